The molecule has 1 N–H and O–H groups in total. The number of carbonyl (C=O) groups excluding carboxylic acids is 3. The molecule has 23 heavy (non-hydrogen) atoms. The molecule has 1 unspecified atom stereocenters. The predicted molar refractivity (Wildman–Crippen MR) is 81.6 cm³/mol. The van der Waals surface area contributed by atoms with Gasteiger partial charge in [0.1, 0.15) is 6.04 Å². The summed E-state index contributed by atoms with van der Waals surface area (Å²) in [6.45, 7) is 6.64. The number of piperidine rings is 1. The van der Waals surface area contributed by atoms with Crippen molar-refractivity contribution in [1.82, 2.24) is 10.2 Å². The van der Waals surface area contributed by atoms with Crippen LogP contribution in [0, 0.1) is 12.0 Å². The van der Waals surface area contributed by atoms with E-state index in [2.05, 4.69) is 32.2 Å². The van der Waals surface area contributed by atoms with E-state index in [0.29, 0.717) is 18.5 Å². The van der Waals surface area contributed by atoms with Gasteiger partial charge in [0, 0.05) is 45.7 Å². The first-order chi connectivity index (χ1) is 10.4. The van der Waals surface area contributed by atoms with E-state index in [1.807, 2.05) is 0 Å². The number of amides is 3. The van der Waals surface area contributed by atoms with Gasteiger partial charge in [-0.25, -0.2) is 0 Å². The van der Waals surface area contributed by atoms with Crippen LogP contribution in [0.25, 0.3) is 0 Å². The maximum Gasteiger partial charge on any atom is 0.249 e. The molecule has 0 aliphatic carbocycles. The number of nitrogens with zero attached hydrogens (tertiary/aromatic N) is 1. The standard InChI is InChI=1S/C13H11N2O3.C4H9.Y/c16-11-6-5-10(12(17)14-11)15-7-8-3-1-2-4-9(8)13(15)18;1-4(2)3;/h1-2,4,10H,5-7H2,(H,14,16,17);1-3H3;/q2*-1;. The molecule has 6 heteroatoms. The van der Waals surface area contributed by atoms with E-state index in [1.165, 1.54) is 10.8 Å². The Morgan fingerprint density at radius 2 is 1.91 bits per heavy atom. The first-order valence-electron chi connectivity index (χ1n) is 7.31. The Labute approximate surface area is 162 Å². The van der Waals surface area contributed by atoms with Crippen LogP contribution in [0.3, 0.4) is 0 Å². The number of nitrogens with one attached hydrogen (secondary N) is 1. The number of imide groups is 1. The molecule has 0 saturated carbocycles. The van der Waals surface area contributed by atoms with Gasteiger partial charge in [-0.3, -0.25) is 19.7 Å². The summed E-state index contributed by atoms with van der Waals surface area (Å²) in [6, 6.07) is 7.71. The summed E-state index contributed by atoms with van der Waals surface area (Å²) in [5.74, 6) is 0.607. The van der Waals surface area contributed by atoms with Crippen molar-refractivity contribution in [3.8, 4) is 0 Å². The molecule has 1 aromatic rings. The van der Waals surface area contributed by atoms with Crippen molar-refractivity contribution in [3.05, 3.63) is 41.3 Å². The fraction of sp³-hybridized carbons (Fsp3) is 0.412. The minimum atomic E-state index is -0.545. The third-order valence-electron chi connectivity index (χ3n) is 3.35. The monoisotopic (exact) mass is 389 g/mol. The predicted octanol–water partition coefficient (Wildman–Crippen LogP) is 1.87. The molecule has 0 spiro atoms. The van der Waals surface area contributed by atoms with Crippen molar-refractivity contribution in [2.45, 2.75) is 46.2 Å². The van der Waals surface area contributed by atoms with Gasteiger partial charge < -0.3 is 10.8 Å². The fourth-order valence-corrected chi connectivity index (χ4v) is 2.43. The molecule has 121 valence electrons. The van der Waals surface area contributed by atoms with Gasteiger partial charge in [0.25, 0.3) is 0 Å². The van der Waals surface area contributed by atoms with Crippen LogP contribution in [0.1, 0.15) is 49.5 Å². The molecule has 3 rings (SSSR count). The molecule has 2 aliphatic heterocycles. The van der Waals surface area contributed by atoms with Gasteiger partial charge in [0.05, 0.1) is 0 Å². The first-order valence-corrected chi connectivity index (χ1v) is 7.31. The molecule has 1 saturated heterocycles. The Morgan fingerprint density at radius 3 is 2.48 bits per heavy atom. The van der Waals surface area contributed by atoms with E-state index in [4.69, 9.17) is 0 Å². The van der Waals surface area contributed by atoms with Crippen molar-refractivity contribution in [2.75, 3.05) is 0 Å². The molecule has 5 nitrogen and oxygen atoms in total. The van der Waals surface area contributed by atoms with Crippen molar-refractivity contribution in [1.29, 1.82) is 0 Å². The average Bonchev–Trinajstić information content (AvgIpc) is 2.76. The summed E-state index contributed by atoms with van der Waals surface area (Å²) in [6.07, 6.45) is 0.671. The Balaban J connectivity index is 0.000000478. The molecular formula is C17H20N2O3Y-2. The van der Waals surface area contributed by atoms with E-state index < -0.39 is 6.04 Å². The van der Waals surface area contributed by atoms with Crippen LogP contribution in [0.4, 0.5) is 0 Å². The van der Waals surface area contributed by atoms with Crippen LogP contribution < -0.4 is 5.32 Å². The second kappa shape index (κ2) is 8.69. The number of rotatable bonds is 1. The molecular weight excluding hydrogens is 369 g/mol. The second-order valence-electron chi connectivity index (χ2n) is 5.96. The molecule has 0 bridgehead atoms. The third-order valence-corrected chi connectivity index (χ3v) is 3.35. The van der Waals surface area contributed by atoms with Crippen LogP contribution >= 0.6 is 0 Å². The third kappa shape index (κ3) is 4.95. The van der Waals surface area contributed by atoms with Crippen molar-refractivity contribution < 1.29 is 47.1 Å². The summed E-state index contributed by atoms with van der Waals surface area (Å²) >= 11 is 0. The smallest absolute Gasteiger partial charge is 0.249 e. The Hall–Kier alpha value is -1.07. The second-order valence-corrected chi connectivity index (χ2v) is 5.96. The summed E-state index contributed by atoms with van der Waals surface area (Å²) in [7, 11) is 0. The first kappa shape index (κ1) is 20.0. The zero-order valence-corrected chi connectivity index (χ0v) is 16.5. The van der Waals surface area contributed by atoms with Crippen molar-refractivity contribution >= 4 is 17.7 Å². The SMILES string of the molecule is C[C-](C)C.O=C1CCC(N2Cc3[c-]cccc3C2=O)C(=O)N1.[Y]. The van der Waals surface area contributed by atoms with Gasteiger partial charge in [-0.15, -0.1) is 5.56 Å². The summed E-state index contributed by atoms with van der Waals surface area (Å²) < 4.78 is 0. The summed E-state index contributed by atoms with van der Waals surface area (Å²) in [4.78, 5) is 36.5. The molecule has 1 aromatic carbocycles. The molecule has 0 aromatic heterocycles. The number of carbonyl (C=O) groups is 3. The van der Waals surface area contributed by atoms with Gasteiger partial charge in [0.15, 0.2) is 5.91 Å². The van der Waals surface area contributed by atoms with Crippen LogP contribution in [0.5, 0.6) is 0 Å². The number of hydrogen-bond donors (Lipinski definition) is 1. The Bertz CT molecular complexity index is 599. The van der Waals surface area contributed by atoms with Crippen LogP contribution in [-0.4, -0.2) is 28.7 Å². The van der Waals surface area contributed by atoms with E-state index in [-0.39, 0.29) is 56.9 Å². The van der Waals surface area contributed by atoms with Gasteiger partial charge in [-0.1, -0.05) is 5.56 Å². The van der Waals surface area contributed by atoms with Crippen molar-refractivity contribution in [2.24, 2.45) is 0 Å². The zero-order valence-electron chi connectivity index (χ0n) is 13.7. The Kier molecular flexibility index (Phi) is 7.55. The van der Waals surface area contributed by atoms with Crippen molar-refractivity contribution in [3.63, 3.8) is 0 Å². The molecule has 1 atom stereocenters. The minimum Gasteiger partial charge on any atom is -0.335 e. The van der Waals surface area contributed by atoms with Crippen LogP contribution in [0.2, 0.25) is 0 Å². The van der Waals surface area contributed by atoms with Gasteiger partial charge in [0.2, 0.25) is 11.8 Å². The normalized spacial score (nSPS) is 19.6. The fourth-order valence-electron chi connectivity index (χ4n) is 2.43. The molecule has 3 amide bonds. The molecule has 1 fully saturated rings. The summed E-state index contributed by atoms with van der Waals surface area (Å²) in [5, 5.41) is 2.27. The minimum absolute atomic E-state index is 0. The van der Waals surface area contributed by atoms with E-state index >= 15 is 0 Å². The van der Waals surface area contributed by atoms with E-state index in [9.17, 15) is 14.4 Å². The van der Waals surface area contributed by atoms with Gasteiger partial charge >= 0.3 is 0 Å². The van der Waals surface area contributed by atoms with Gasteiger partial charge in [-0.2, -0.15) is 45.0 Å². The zero-order chi connectivity index (χ0) is 16.3. The largest absolute Gasteiger partial charge is 0.335 e. The van der Waals surface area contributed by atoms with Gasteiger partial charge in [-0.05, 0) is 6.42 Å². The number of benzene rings is 1. The van der Waals surface area contributed by atoms with E-state index in [0.717, 1.165) is 5.56 Å². The molecule has 1 radical (unpaired) electrons. The average molecular weight is 389 g/mol. The molecule has 2 aliphatic rings. The quantitative estimate of drug-likeness (QED) is 0.589. The molecule has 2 heterocycles. The van der Waals surface area contributed by atoms with Crippen LogP contribution in [-0.2, 0) is 48.8 Å². The number of fused-ring (bicyclic) bond motifs is 1. The number of hydrogen-bond acceptors (Lipinski definition) is 3. The van der Waals surface area contributed by atoms with E-state index in [1.54, 1.807) is 18.2 Å². The maximum absolute atomic E-state index is 12.2. The van der Waals surface area contributed by atoms with Crippen LogP contribution in [0.15, 0.2) is 18.2 Å². The topological polar surface area (TPSA) is 66.5 Å². The summed E-state index contributed by atoms with van der Waals surface area (Å²) in [5.41, 5.74) is 1.41. The maximum atomic E-state index is 12.2. The Morgan fingerprint density at radius 1 is 1.26 bits per heavy atom.